The average Bonchev–Trinajstić information content (AvgIpc) is 2.28. The van der Waals surface area contributed by atoms with E-state index in [2.05, 4.69) is 50.5 Å². The molecule has 0 fully saturated rings. The summed E-state index contributed by atoms with van der Waals surface area (Å²) in [7, 11) is -1.28. The molecule has 1 rings (SSSR count). The van der Waals surface area contributed by atoms with Crippen molar-refractivity contribution in [2.24, 2.45) is 0 Å². The van der Waals surface area contributed by atoms with Gasteiger partial charge in [-0.3, -0.25) is 0 Å². The van der Waals surface area contributed by atoms with E-state index in [9.17, 15) is 0 Å². The molecule has 0 saturated carbocycles. The number of hydrogen-bond donors (Lipinski definition) is 0. The molecule has 0 amide bonds. The van der Waals surface area contributed by atoms with Crippen LogP contribution < -0.4 is 5.19 Å². The van der Waals surface area contributed by atoms with Crippen LogP contribution in [0.25, 0.3) is 5.57 Å². The molecule has 0 saturated heterocycles. The predicted octanol–water partition coefficient (Wildman–Crippen LogP) is 4.65. The van der Waals surface area contributed by atoms with Crippen LogP contribution in [0.5, 0.6) is 0 Å². The van der Waals surface area contributed by atoms with E-state index in [4.69, 9.17) is 11.6 Å². The van der Waals surface area contributed by atoms with E-state index < -0.39 is 8.07 Å². The van der Waals surface area contributed by atoms with Gasteiger partial charge >= 0.3 is 0 Å². The van der Waals surface area contributed by atoms with Gasteiger partial charge in [0, 0.05) is 5.88 Å². The lowest BCUT2D eigenvalue weighted by Crippen LogP contribution is -2.39. The number of allylic oxidation sites excluding steroid dienone is 1. The molecule has 17 heavy (non-hydrogen) atoms. The zero-order chi connectivity index (χ0) is 12.9. The van der Waals surface area contributed by atoms with Gasteiger partial charge in [-0.05, 0) is 30.4 Å². The van der Waals surface area contributed by atoms with E-state index in [1.165, 1.54) is 16.3 Å². The van der Waals surface area contributed by atoms with Crippen LogP contribution in [0.1, 0.15) is 24.8 Å². The fraction of sp³-hybridized carbons (Fsp3) is 0.467. The third kappa shape index (κ3) is 4.32. The standard InChI is InChI=1S/C15H23ClSi/c1-13(9-7-8-12-16)14-10-5-6-11-15(14)17(2,3)4/h5-6,10-11H,1,7-9,12H2,2-4H3. The molecule has 0 radical (unpaired) electrons. The van der Waals surface area contributed by atoms with Crippen molar-refractivity contribution >= 4 is 30.4 Å². The van der Waals surface area contributed by atoms with Crippen molar-refractivity contribution in [1.82, 2.24) is 0 Å². The number of unbranched alkanes of at least 4 members (excludes halogenated alkanes) is 1. The van der Waals surface area contributed by atoms with Crippen molar-refractivity contribution in [3.63, 3.8) is 0 Å². The SMILES string of the molecule is C=C(CCCCCl)c1ccccc1[Si](C)(C)C. The Morgan fingerprint density at radius 2 is 1.82 bits per heavy atom. The summed E-state index contributed by atoms with van der Waals surface area (Å²) in [6, 6.07) is 8.75. The maximum atomic E-state index is 5.71. The number of rotatable bonds is 6. The minimum absolute atomic E-state index is 0.753. The van der Waals surface area contributed by atoms with E-state index in [-0.39, 0.29) is 0 Å². The van der Waals surface area contributed by atoms with Crippen LogP contribution in [0.4, 0.5) is 0 Å². The van der Waals surface area contributed by atoms with Crippen molar-refractivity contribution in [1.29, 1.82) is 0 Å². The Labute approximate surface area is 112 Å². The fourth-order valence-corrected chi connectivity index (χ4v) is 3.87. The first-order valence-electron chi connectivity index (χ1n) is 6.30. The molecular formula is C15H23ClSi. The highest BCUT2D eigenvalue weighted by Crippen LogP contribution is 2.20. The van der Waals surface area contributed by atoms with Gasteiger partial charge in [-0.2, -0.15) is 0 Å². The molecule has 0 aliphatic heterocycles. The highest BCUT2D eigenvalue weighted by Gasteiger charge is 2.20. The maximum absolute atomic E-state index is 5.71. The van der Waals surface area contributed by atoms with Gasteiger partial charge in [-0.25, -0.2) is 0 Å². The summed E-state index contributed by atoms with van der Waals surface area (Å²) in [5, 5.41) is 1.52. The maximum Gasteiger partial charge on any atom is 0.0783 e. The van der Waals surface area contributed by atoms with Gasteiger partial charge < -0.3 is 0 Å². The Balaban J connectivity index is 2.86. The lowest BCUT2D eigenvalue weighted by atomic mass is 10.0. The molecule has 0 atom stereocenters. The smallest absolute Gasteiger partial charge is 0.0783 e. The molecule has 0 aromatic heterocycles. The van der Waals surface area contributed by atoms with Gasteiger partial charge in [0.05, 0.1) is 8.07 Å². The van der Waals surface area contributed by atoms with E-state index in [0.29, 0.717) is 0 Å². The van der Waals surface area contributed by atoms with Gasteiger partial charge in [-0.15, -0.1) is 11.6 Å². The lowest BCUT2D eigenvalue weighted by Gasteiger charge is -2.22. The zero-order valence-electron chi connectivity index (χ0n) is 11.2. The normalized spacial score (nSPS) is 11.5. The Bertz CT molecular complexity index is 377. The second-order valence-corrected chi connectivity index (χ2v) is 11.0. The molecular weight excluding hydrogens is 244 g/mol. The second kappa shape index (κ2) is 6.41. The van der Waals surface area contributed by atoms with Crippen LogP contribution in [0, 0.1) is 0 Å². The average molecular weight is 267 g/mol. The zero-order valence-corrected chi connectivity index (χ0v) is 13.0. The van der Waals surface area contributed by atoms with E-state index in [1.54, 1.807) is 0 Å². The Hall–Kier alpha value is -0.533. The molecule has 0 nitrogen and oxygen atoms in total. The first kappa shape index (κ1) is 14.5. The second-order valence-electron chi connectivity index (χ2n) is 5.55. The molecule has 1 aromatic rings. The fourth-order valence-electron chi connectivity index (χ4n) is 2.01. The van der Waals surface area contributed by atoms with Crippen molar-refractivity contribution < 1.29 is 0 Å². The molecule has 0 bridgehead atoms. The van der Waals surface area contributed by atoms with E-state index in [1.807, 2.05) is 0 Å². The predicted molar refractivity (Wildman–Crippen MR) is 83.0 cm³/mol. The molecule has 0 aliphatic carbocycles. The molecule has 0 spiro atoms. The van der Waals surface area contributed by atoms with E-state index in [0.717, 1.165) is 25.1 Å². The summed E-state index contributed by atoms with van der Waals surface area (Å²) in [6.07, 6.45) is 3.28. The molecule has 2 heteroatoms. The quantitative estimate of drug-likeness (QED) is 0.399. The van der Waals surface area contributed by atoms with Crippen molar-refractivity contribution in [3.8, 4) is 0 Å². The summed E-state index contributed by atoms with van der Waals surface area (Å²) in [5.74, 6) is 0.753. The van der Waals surface area contributed by atoms with Gasteiger partial charge in [0.15, 0.2) is 0 Å². The summed E-state index contributed by atoms with van der Waals surface area (Å²) < 4.78 is 0. The lowest BCUT2D eigenvalue weighted by molar-refractivity contribution is 0.831. The molecule has 0 N–H and O–H groups in total. The highest BCUT2D eigenvalue weighted by atomic mass is 35.5. The van der Waals surface area contributed by atoms with Crippen LogP contribution in [-0.4, -0.2) is 14.0 Å². The Morgan fingerprint density at radius 1 is 1.18 bits per heavy atom. The van der Waals surface area contributed by atoms with Crippen molar-refractivity contribution in [2.45, 2.75) is 38.9 Å². The Kier molecular flexibility index (Phi) is 5.48. The summed E-state index contributed by atoms with van der Waals surface area (Å²) in [4.78, 5) is 0. The minimum atomic E-state index is -1.28. The van der Waals surface area contributed by atoms with Gasteiger partial charge in [0.2, 0.25) is 0 Å². The van der Waals surface area contributed by atoms with Crippen LogP contribution in [-0.2, 0) is 0 Å². The Morgan fingerprint density at radius 3 is 2.41 bits per heavy atom. The third-order valence-electron chi connectivity index (χ3n) is 2.98. The van der Waals surface area contributed by atoms with Gasteiger partial charge in [0.25, 0.3) is 0 Å². The van der Waals surface area contributed by atoms with Gasteiger partial charge in [-0.1, -0.05) is 55.7 Å². The number of hydrogen-bond acceptors (Lipinski definition) is 0. The topological polar surface area (TPSA) is 0 Å². The first-order chi connectivity index (χ1) is 7.96. The van der Waals surface area contributed by atoms with Crippen molar-refractivity contribution in [2.75, 3.05) is 5.88 Å². The molecule has 1 aromatic carbocycles. The van der Waals surface area contributed by atoms with Crippen LogP contribution in [0.3, 0.4) is 0 Å². The number of halogens is 1. The summed E-state index contributed by atoms with van der Waals surface area (Å²) in [5.41, 5.74) is 2.65. The van der Waals surface area contributed by atoms with E-state index >= 15 is 0 Å². The van der Waals surface area contributed by atoms with Crippen LogP contribution in [0.2, 0.25) is 19.6 Å². The first-order valence-corrected chi connectivity index (χ1v) is 10.3. The number of alkyl halides is 1. The third-order valence-corrected chi connectivity index (χ3v) is 5.30. The summed E-state index contributed by atoms with van der Waals surface area (Å²) in [6.45, 7) is 11.4. The molecule has 0 heterocycles. The largest absolute Gasteiger partial charge is 0.127 e. The van der Waals surface area contributed by atoms with Crippen LogP contribution in [0.15, 0.2) is 30.8 Å². The van der Waals surface area contributed by atoms with Crippen molar-refractivity contribution in [3.05, 3.63) is 36.4 Å². The molecule has 0 aliphatic rings. The van der Waals surface area contributed by atoms with Crippen LogP contribution >= 0.6 is 11.6 Å². The summed E-state index contributed by atoms with van der Waals surface area (Å²) >= 11 is 5.71. The number of benzene rings is 1. The monoisotopic (exact) mass is 266 g/mol. The minimum Gasteiger partial charge on any atom is -0.127 e. The van der Waals surface area contributed by atoms with Gasteiger partial charge in [0.1, 0.15) is 0 Å². The molecule has 94 valence electrons. The highest BCUT2D eigenvalue weighted by molar-refractivity contribution is 6.89. The molecule has 0 unspecified atom stereocenters.